The molecule has 4 nitrogen and oxygen atoms in total. The Morgan fingerprint density at radius 2 is 0.759 bits per heavy atom. The Balaban J connectivity index is 2.07. The third-order valence-corrected chi connectivity index (χ3v) is 12.7. The second kappa shape index (κ2) is 8.60. The van der Waals surface area contributed by atoms with E-state index in [0.29, 0.717) is 0 Å². The van der Waals surface area contributed by atoms with Crippen molar-refractivity contribution in [2.75, 3.05) is 0 Å². The summed E-state index contributed by atoms with van der Waals surface area (Å²) in [6.45, 7) is 10.5. The molecular weight excluding hydrogens is 440 g/mol. The van der Waals surface area contributed by atoms with E-state index in [2.05, 4.69) is 0 Å². The molecular formula is C18H24F4O4Si3. The van der Waals surface area contributed by atoms with Gasteiger partial charge in [0.1, 0.15) is 34.8 Å². The summed E-state index contributed by atoms with van der Waals surface area (Å²) in [7, 11) is -8.61. The molecule has 0 radical (unpaired) electrons. The molecule has 0 bridgehead atoms. The van der Waals surface area contributed by atoms with Crippen molar-refractivity contribution in [3.8, 4) is 11.5 Å². The van der Waals surface area contributed by atoms with Crippen molar-refractivity contribution in [3.05, 3.63) is 59.7 Å². The summed E-state index contributed by atoms with van der Waals surface area (Å²) < 4.78 is 77.3. The van der Waals surface area contributed by atoms with Gasteiger partial charge in [-0.05, 0) is 39.3 Å². The molecule has 0 aliphatic heterocycles. The fraction of sp³-hybridized carbons (Fsp3) is 0.333. The molecule has 0 unspecified atom stereocenters. The average Bonchev–Trinajstić information content (AvgIpc) is 2.39. The molecule has 0 N–H and O–H groups in total. The van der Waals surface area contributed by atoms with Crippen molar-refractivity contribution >= 4 is 25.7 Å². The van der Waals surface area contributed by atoms with Crippen molar-refractivity contribution in [1.29, 1.82) is 0 Å². The first-order chi connectivity index (χ1) is 13.1. The van der Waals surface area contributed by atoms with E-state index in [1.807, 2.05) is 0 Å². The van der Waals surface area contributed by atoms with Crippen LogP contribution in [0.25, 0.3) is 0 Å². The van der Waals surface area contributed by atoms with Gasteiger partial charge in [0.05, 0.1) is 0 Å². The molecule has 2 rings (SSSR count). The smallest absolute Gasteiger partial charge is 0.383 e. The SMILES string of the molecule is C[Si](C)(Oc1cc(F)cc(F)c1)O[Si](C)(C)O[Si](C)(C)Oc1cc(F)cc(F)c1. The molecule has 2 aromatic rings. The minimum absolute atomic E-state index is 0.0342. The Morgan fingerprint density at radius 3 is 1.03 bits per heavy atom. The van der Waals surface area contributed by atoms with Gasteiger partial charge in [-0.15, -0.1) is 0 Å². The van der Waals surface area contributed by atoms with Crippen LogP contribution in [0.15, 0.2) is 36.4 Å². The predicted molar refractivity (Wildman–Crippen MR) is 109 cm³/mol. The lowest BCUT2D eigenvalue weighted by molar-refractivity contribution is 0.301. The van der Waals surface area contributed by atoms with Gasteiger partial charge in [-0.2, -0.15) is 0 Å². The first-order valence-corrected chi connectivity index (χ1v) is 17.3. The summed E-state index contributed by atoms with van der Waals surface area (Å²) in [5.74, 6) is -2.92. The summed E-state index contributed by atoms with van der Waals surface area (Å²) in [5, 5.41) is 0. The van der Waals surface area contributed by atoms with E-state index in [1.54, 1.807) is 39.3 Å². The van der Waals surface area contributed by atoms with Crippen LogP contribution in [-0.2, 0) is 8.23 Å². The summed E-state index contributed by atoms with van der Waals surface area (Å²) >= 11 is 0. The zero-order valence-electron chi connectivity index (χ0n) is 17.1. The molecule has 160 valence electrons. The van der Waals surface area contributed by atoms with Crippen LogP contribution in [0.3, 0.4) is 0 Å². The Hall–Kier alpha value is -1.67. The summed E-state index contributed by atoms with van der Waals surface area (Å²) in [4.78, 5) is 0. The zero-order valence-corrected chi connectivity index (χ0v) is 20.1. The van der Waals surface area contributed by atoms with Gasteiger partial charge in [-0.1, -0.05) is 0 Å². The van der Waals surface area contributed by atoms with Gasteiger partial charge in [0.15, 0.2) is 0 Å². The summed E-state index contributed by atoms with van der Waals surface area (Å²) in [5.41, 5.74) is 0. The van der Waals surface area contributed by atoms with Crippen molar-refractivity contribution in [3.63, 3.8) is 0 Å². The number of halogens is 4. The van der Waals surface area contributed by atoms with Crippen LogP contribution in [-0.4, -0.2) is 25.7 Å². The van der Waals surface area contributed by atoms with Crippen molar-refractivity contribution in [1.82, 2.24) is 0 Å². The van der Waals surface area contributed by atoms with Gasteiger partial charge in [-0.25, -0.2) is 17.6 Å². The van der Waals surface area contributed by atoms with E-state index in [4.69, 9.17) is 17.1 Å². The second-order valence-corrected chi connectivity index (χ2v) is 18.3. The number of hydrogen-bond acceptors (Lipinski definition) is 4. The maximum absolute atomic E-state index is 13.4. The molecule has 0 fully saturated rings. The molecule has 0 saturated heterocycles. The van der Waals surface area contributed by atoms with E-state index in [9.17, 15) is 17.6 Å². The number of hydrogen-bond donors (Lipinski definition) is 0. The molecule has 2 aromatic carbocycles. The third kappa shape index (κ3) is 7.93. The van der Waals surface area contributed by atoms with Gasteiger partial charge in [0.2, 0.25) is 0 Å². The second-order valence-electron chi connectivity index (χ2n) is 7.82. The van der Waals surface area contributed by atoms with Crippen LogP contribution >= 0.6 is 0 Å². The van der Waals surface area contributed by atoms with Crippen LogP contribution in [0.4, 0.5) is 17.6 Å². The standard InChI is InChI=1S/C18H24F4O4Si3/c1-27(2,23-17-9-13(19)7-14(20)10-17)25-29(5,6)26-28(3,4)24-18-11-15(21)8-16(22)12-18/h7-12H,1-6H3. The first kappa shape index (κ1) is 23.6. The third-order valence-electron chi connectivity index (χ3n) is 3.38. The molecule has 0 aromatic heterocycles. The largest absolute Gasteiger partial charge is 0.521 e. The first-order valence-electron chi connectivity index (χ1n) is 8.85. The molecule has 0 saturated carbocycles. The fourth-order valence-electron chi connectivity index (χ4n) is 2.99. The quantitative estimate of drug-likeness (QED) is 0.363. The zero-order chi connectivity index (χ0) is 22.0. The number of rotatable bonds is 8. The van der Waals surface area contributed by atoms with Crippen LogP contribution in [0.2, 0.25) is 39.3 Å². The highest BCUT2D eigenvalue weighted by molar-refractivity contribution is 6.84. The van der Waals surface area contributed by atoms with Crippen LogP contribution in [0, 0.1) is 23.3 Å². The van der Waals surface area contributed by atoms with E-state index in [-0.39, 0.29) is 11.5 Å². The molecule has 11 heteroatoms. The lowest BCUT2D eigenvalue weighted by Gasteiger charge is -2.37. The van der Waals surface area contributed by atoms with E-state index < -0.39 is 49.0 Å². The molecule has 0 aliphatic rings. The van der Waals surface area contributed by atoms with E-state index >= 15 is 0 Å². The maximum atomic E-state index is 13.4. The maximum Gasteiger partial charge on any atom is 0.383 e. The van der Waals surface area contributed by atoms with Gasteiger partial charge in [-0.3, -0.25) is 0 Å². The van der Waals surface area contributed by atoms with Crippen molar-refractivity contribution in [2.45, 2.75) is 39.3 Å². The van der Waals surface area contributed by atoms with Crippen molar-refractivity contribution < 1.29 is 34.6 Å². The van der Waals surface area contributed by atoms with Gasteiger partial charge >= 0.3 is 25.7 Å². The minimum atomic E-state index is -2.89. The lowest BCUT2D eigenvalue weighted by Crippen LogP contribution is -2.56. The topological polar surface area (TPSA) is 36.9 Å². The highest BCUT2D eigenvalue weighted by atomic mass is 28.5. The van der Waals surface area contributed by atoms with Gasteiger partial charge in [0.25, 0.3) is 0 Å². The fourth-order valence-corrected chi connectivity index (χ4v) is 14.7. The Bertz CT molecular complexity index is 768. The Kier molecular flexibility index (Phi) is 7.00. The molecule has 0 aliphatic carbocycles. The Labute approximate surface area is 171 Å². The molecule has 0 heterocycles. The summed E-state index contributed by atoms with van der Waals surface area (Å²) in [6.07, 6.45) is 0. The lowest BCUT2D eigenvalue weighted by atomic mass is 10.3. The monoisotopic (exact) mass is 464 g/mol. The predicted octanol–water partition coefficient (Wildman–Crippen LogP) is 5.84. The highest BCUT2D eigenvalue weighted by Gasteiger charge is 2.43. The summed E-state index contributed by atoms with van der Waals surface area (Å²) in [6, 6.07) is 5.83. The molecule has 29 heavy (non-hydrogen) atoms. The van der Waals surface area contributed by atoms with E-state index in [0.717, 1.165) is 36.4 Å². The normalized spacial score (nSPS) is 12.8. The minimum Gasteiger partial charge on any atom is -0.521 e. The van der Waals surface area contributed by atoms with Crippen LogP contribution in [0.5, 0.6) is 11.5 Å². The molecule has 0 amide bonds. The number of benzene rings is 2. The average molecular weight is 465 g/mol. The molecule has 0 spiro atoms. The van der Waals surface area contributed by atoms with Crippen LogP contribution in [0.1, 0.15) is 0 Å². The highest BCUT2D eigenvalue weighted by Crippen LogP contribution is 2.26. The molecule has 0 atom stereocenters. The van der Waals surface area contributed by atoms with Crippen molar-refractivity contribution in [2.24, 2.45) is 0 Å². The van der Waals surface area contributed by atoms with Crippen LogP contribution < -0.4 is 8.85 Å². The van der Waals surface area contributed by atoms with E-state index in [1.165, 1.54) is 0 Å². The Morgan fingerprint density at radius 1 is 0.483 bits per heavy atom. The van der Waals surface area contributed by atoms with Gasteiger partial charge < -0.3 is 17.1 Å². The van der Waals surface area contributed by atoms with Gasteiger partial charge in [0, 0.05) is 36.4 Å².